The second-order valence-corrected chi connectivity index (χ2v) is 6.75. The summed E-state index contributed by atoms with van der Waals surface area (Å²) >= 11 is 0. The van der Waals surface area contributed by atoms with Gasteiger partial charge in [-0.05, 0) is 18.4 Å². The molecule has 0 saturated carbocycles. The SMILES string of the molecule is CCO/C(CC(=O)C(C)(C)C)=N/C(=O)Nc1cccc2ccccc12. The van der Waals surface area contributed by atoms with Crippen molar-refractivity contribution in [3.05, 3.63) is 42.5 Å². The van der Waals surface area contributed by atoms with Gasteiger partial charge in [-0.1, -0.05) is 57.2 Å². The van der Waals surface area contributed by atoms with Crippen molar-refractivity contribution < 1.29 is 14.3 Å². The van der Waals surface area contributed by atoms with Gasteiger partial charge in [-0.15, -0.1) is 0 Å². The van der Waals surface area contributed by atoms with Crippen LogP contribution in [-0.2, 0) is 9.53 Å². The Morgan fingerprint density at radius 1 is 1.08 bits per heavy atom. The molecule has 0 aromatic heterocycles. The predicted molar refractivity (Wildman–Crippen MR) is 101 cm³/mol. The fourth-order valence-corrected chi connectivity index (χ4v) is 2.28. The van der Waals surface area contributed by atoms with E-state index in [1.54, 1.807) is 6.92 Å². The average Bonchev–Trinajstić information content (AvgIpc) is 2.54. The van der Waals surface area contributed by atoms with Gasteiger partial charge in [0.1, 0.15) is 5.78 Å². The van der Waals surface area contributed by atoms with Crippen molar-refractivity contribution in [2.75, 3.05) is 11.9 Å². The molecular weight excluding hydrogens is 316 g/mol. The van der Waals surface area contributed by atoms with Crippen LogP contribution in [0.3, 0.4) is 0 Å². The predicted octanol–water partition coefficient (Wildman–Crippen LogP) is 4.81. The Hall–Kier alpha value is -2.69. The Bertz CT molecular complexity index is 799. The number of urea groups is 1. The van der Waals surface area contributed by atoms with E-state index < -0.39 is 11.4 Å². The third kappa shape index (κ3) is 5.14. The molecule has 132 valence electrons. The zero-order valence-electron chi connectivity index (χ0n) is 15.1. The van der Waals surface area contributed by atoms with Crippen LogP contribution in [0.25, 0.3) is 10.8 Å². The Kier molecular flexibility index (Phi) is 5.91. The van der Waals surface area contributed by atoms with E-state index in [2.05, 4.69) is 10.3 Å². The molecule has 0 heterocycles. The molecule has 0 radical (unpaired) electrons. The highest BCUT2D eigenvalue weighted by Gasteiger charge is 2.23. The van der Waals surface area contributed by atoms with Gasteiger partial charge in [0.2, 0.25) is 5.90 Å². The maximum absolute atomic E-state index is 12.3. The molecule has 0 aliphatic heterocycles. The van der Waals surface area contributed by atoms with Gasteiger partial charge in [-0.3, -0.25) is 4.79 Å². The first-order valence-electron chi connectivity index (χ1n) is 8.33. The first kappa shape index (κ1) is 18.6. The van der Waals surface area contributed by atoms with Crippen LogP contribution in [0.5, 0.6) is 0 Å². The van der Waals surface area contributed by atoms with Gasteiger partial charge < -0.3 is 10.1 Å². The summed E-state index contributed by atoms with van der Waals surface area (Å²) in [6.07, 6.45) is 0.000295. The summed E-state index contributed by atoms with van der Waals surface area (Å²) in [7, 11) is 0. The Labute approximate surface area is 148 Å². The number of hydrogen-bond donors (Lipinski definition) is 1. The fraction of sp³-hybridized carbons (Fsp3) is 0.350. The van der Waals surface area contributed by atoms with Crippen molar-refractivity contribution in [2.45, 2.75) is 34.1 Å². The normalized spacial score (nSPS) is 12.1. The van der Waals surface area contributed by atoms with Crippen LogP contribution >= 0.6 is 0 Å². The highest BCUT2D eigenvalue weighted by Crippen LogP contribution is 2.23. The molecule has 2 amide bonds. The van der Waals surface area contributed by atoms with Crippen LogP contribution in [0.2, 0.25) is 0 Å². The summed E-state index contributed by atoms with van der Waals surface area (Å²) in [4.78, 5) is 28.4. The summed E-state index contributed by atoms with van der Waals surface area (Å²) in [5.41, 5.74) is 0.161. The summed E-state index contributed by atoms with van der Waals surface area (Å²) < 4.78 is 5.37. The number of Topliss-reactive ketones (excluding diaryl/α,β-unsaturated/α-hetero) is 1. The van der Waals surface area contributed by atoms with Gasteiger partial charge in [-0.25, -0.2) is 4.79 Å². The van der Waals surface area contributed by atoms with Crippen molar-refractivity contribution in [1.29, 1.82) is 0 Å². The lowest BCUT2D eigenvalue weighted by Crippen LogP contribution is -2.25. The van der Waals surface area contributed by atoms with Crippen LogP contribution in [0, 0.1) is 5.41 Å². The summed E-state index contributed by atoms with van der Waals surface area (Å²) in [5.74, 6) is 0.109. The minimum atomic E-state index is -0.554. The molecule has 1 N–H and O–H groups in total. The van der Waals surface area contributed by atoms with E-state index in [1.165, 1.54) is 0 Å². The van der Waals surface area contributed by atoms with Gasteiger partial charge in [0.15, 0.2) is 0 Å². The van der Waals surface area contributed by atoms with Crippen molar-refractivity contribution in [2.24, 2.45) is 10.4 Å². The zero-order chi connectivity index (χ0) is 18.4. The number of ketones is 1. The maximum atomic E-state index is 12.3. The van der Waals surface area contributed by atoms with Crippen LogP contribution < -0.4 is 5.32 Å². The Morgan fingerprint density at radius 3 is 2.44 bits per heavy atom. The summed E-state index contributed by atoms with van der Waals surface area (Å²) in [6.45, 7) is 7.62. The van der Waals surface area contributed by atoms with Crippen molar-refractivity contribution in [1.82, 2.24) is 0 Å². The average molecular weight is 340 g/mol. The van der Waals surface area contributed by atoms with Gasteiger partial charge in [0.05, 0.1) is 18.7 Å². The minimum Gasteiger partial charge on any atom is -0.481 e. The molecule has 0 atom stereocenters. The number of amides is 2. The van der Waals surface area contributed by atoms with E-state index in [-0.39, 0.29) is 18.1 Å². The molecule has 0 spiro atoms. The second kappa shape index (κ2) is 7.92. The molecule has 0 fully saturated rings. The Morgan fingerprint density at radius 2 is 1.76 bits per heavy atom. The Balaban J connectivity index is 2.19. The monoisotopic (exact) mass is 340 g/mol. The molecule has 0 aliphatic carbocycles. The first-order valence-corrected chi connectivity index (χ1v) is 8.33. The number of aliphatic imine (C=N–C) groups is 1. The summed E-state index contributed by atoms with van der Waals surface area (Å²) in [6, 6.07) is 12.9. The number of nitrogens with zero attached hydrogens (tertiary/aromatic N) is 1. The number of hydrogen-bond acceptors (Lipinski definition) is 3. The number of fused-ring (bicyclic) bond motifs is 1. The number of carbonyl (C=O) groups excluding carboxylic acids is 2. The van der Waals surface area contributed by atoms with Crippen molar-refractivity contribution >= 4 is 34.2 Å². The third-order valence-corrected chi connectivity index (χ3v) is 3.72. The number of benzene rings is 2. The van der Waals surface area contributed by atoms with Gasteiger partial charge >= 0.3 is 6.03 Å². The van der Waals surface area contributed by atoms with E-state index >= 15 is 0 Å². The maximum Gasteiger partial charge on any atom is 0.348 e. The molecular formula is C20H24N2O3. The van der Waals surface area contributed by atoms with Gasteiger partial charge in [0, 0.05) is 10.8 Å². The lowest BCUT2D eigenvalue weighted by Gasteiger charge is -2.17. The highest BCUT2D eigenvalue weighted by molar-refractivity contribution is 6.08. The standard InChI is InChI=1S/C20H24N2O3/c1-5-25-18(13-17(23)20(2,3)4)22-19(24)21-16-12-8-10-14-9-6-7-11-15(14)16/h6-12H,5,13H2,1-4H3,(H,21,24)/b22-18+. The van der Waals surface area contributed by atoms with E-state index in [9.17, 15) is 9.59 Å². The second-order valence-electron chi connectivity index (χ2n) is 6.75. The number of nitrogens with one attached hydrogen (secondary N) is 1. The van der Waals surface area contributed by atoms with Gasteiger partial charge in [-0.2, -0.15) is 4.99 Å². The van der Waals surface area contributed by atoms with E-state index in [0.717, 1.165) is 10.8 Å². The fourth-order valence-electron chi connectivity index (χ4n) is 2.28. The minimum absolute atomic E-state index is 0.000295. The number of anilines is 1. The van der Waals surface area contributed by atoms with E-state index in [4.69, 9.17) is 4.74 Å². The lowest BCUT2D eigenvalue weighted by atomic mass is 9.89. The topological polar surface area (TPSA) is 67.8 Å². The van der Waals surface area contributed by atoms with Crippen molar-refractivity contribution in [3.8, 4) is 0 Å². The molecule has 2 aromatic rings. The largest absolute Gasteiger partial charge is 0.481 e. The zero-order valence-corrected chi connectivity index (χ0v) is 15.1. The third-order valence-electron chi connectivity index (χ3n) is 3.72. The molecule has 5 heteroatoms. The number of rotatable bonds is 4. The highest BCUT2D eigenvalue weighted by atomic mass is 16.5. The van der Waals surface area contributed by atoms with Crippen LogP contribution in [-0.4, -0.2) is 24.3 Å². The van der Waals surface area contributed by atoms with Gasteiger partial charge in [0.25, 0.3) is 0 Å². The molecule has 5 nitrogen and oxygen atoms in total. The van der Waals surface area contributed by atoms with Crippen LogP contribution in [0.1, 0.15) is 34.1 Å². The van der Waals surface area contributed by atoms with Crippen molar-refractivity contribution in [3.63, 3.8) is 0 Å². The molecule has 0 bridgehead atoms. The summed E-state index contributed by atoms with van der Waals surface area (Å²) in [5, 5.41) is 4.72. The smallest absolute Gasteiger partial charge is 0.348 e. The van der Waals surface area contributed by atoms with Crippen LogP contribution in [0.4, 0.5) is 10.5 Å². The lowest BCUT2D eigenvalue weighted by molar-refractivity contribution is -0.125. The molecule has 2 aromatic carbocycles. The van der Waals surface area contributed by atoms with E-state index in [1.807, 2.05) is 63.2 Å². The van der Waals surface area contributed by atoms with E-state index in [0.29, 0.717) is 12.3 Å². The quantitative estimate of drug-likeness (QED) is 0.641. The van der Waals surface area contributed by atoms with Crippen LogP contribution in [0.15, 0.2) is 47.5 Å². The molecule has 0 saturated heterocycles. The number of carbonyl (C=O) groups is 2. The molecule has 2 rings (SSSR count). The molecule has 0 unspecified atom stereocenters. The molecule has 0 aliphatic rings. The number of ether oxygens (including phenoxy) is 1. The molecule has 25 heavy (non-hydrogen) atoms. The first-order chi connectivity index (χ1) is 11.8.